The summed E-state index contributed by atoms with van der Waals surface area (Å²) in [6.07, 6.45) is 13.5. The van der Waals surface area contributed by atoms with Crippen LogP contribution >= 0.6 is 0 Å². The summed E-state index contributed by atoms with van der Waals surface area (Å²) >= 11 is 0. The molecule has 0 fully saturated rings. The normalized spacial score (nSPS) is 15.9. The average molecular weight is 413 g/mol. The molecule has 0 saturated carbocycles. The van der Waals surface area contributed by atoms with E-state index in [4.69, 9.17) is 0 Å². The van der Waals surface area contributed by atoms with Crippen molar-refractivity contribution in [3.05, 3.63) is 133 Å². The maximum absolute atomic E-state index is 2.32. The first-order chi connectivity index (χ1) is 15.9. The molecule has 0 atom stereocenters. The summed E-state index contributed by atoms with van der Waals surface area (Å²) in [6, 6.07) is 30.2. The summed E-state index contributed by atoms with van der Waals surface area (Å²) < 4.78 is 0. The van der Waals surface area contributed by atoms with Crippen LogP contribution in [-0.4, -0.2) is 13.1 Å². The Morgan fingerprint density at radius 3 is 1.34 bits per heavy atom. The first-order valence-corrected chi connectivity index (χ1v) is 11.1. The van der Waals surface area contributed by atoms with Gasteiger partial charge in [0.1, 0.15) is 0 Å². The number of rotatable bonds is 3. The predicted molar refractivity (Wildman–Crippen MR) is 137 cm³/mol. The van der Waals surface area contributed by atoms with Crippen LogP contribution in [-0.2, 0) is 0 Å². The van der Waals surface area contributed by atoms with Crippen LogP contribution in [0.4, 0.5) is 11.4 Å². The number of anilines is 2. The summed E-state index contributed by atoms with van der Waals surface area (Å²) in [5.74, 6) is 0. The minimum atomic E-state index is 0.873. The Morgan fingerprint density at radius 1 is 0.469 bits per heavy atom. The van der Waals surface area contributed by atoms with Gasteiger partial charge in [0.05, 0.1) is 0 Å². The number of benzene rings is 4. The molecular weight excluding hydrogens is 388 g/mol. The highest BCUT2D eigenvalue weighted by atomic mass is 15.1. The number of allylic oxidation sites excluding steroid dienone is 4. The lowest BCUT2D eigenvalue weighted by Crippen LogP contribution is -2.21. The van der Waals surface area contributed by atoms with Gasteiger partial charge >= 0.3 is 0 Å². The molecule has 0 unspecified atom stereocenters. The third-order valence-electron chi connectivity index (χ3n) is 6.37. The molecule has 6 rings (SSSR count). The fraction of sp³-hybridized carbons (Fsp3) is 0.0667. The van der Waals surface area contributed by atoms with Gasteiger partial charge in [0.15, 0.2) is 0 Å². The van der Waals surface area contributed by atoms with Crippen LogP contribution in [0.1, 0.15) is 0 Å². The first kappa shape index (κ1) is 18.7. The van der Waals surface area contributed by atoms with E-state index in [2.05, 4.69) is 131 Å². The lowest BCUT2D eigenvalue weighted by atomic mass is 10.00. The zero-order valence-electron chi connectivity index (χ0n) is 17.9. The molecule has 0 N–H and O–H groups in total. The highest BCUT2D eigenvalue weighted by molar-refractivity contribution is 5.95. The molecule has 2 aliphatic heterocycles. The van der Waals surface area contributed by atoms with Crippen LogP contribution < -0.4 is 9.80 Å². The number of fused-ring (bicyclic) bond motifs is 2. The zero-order chi connectivity index (χ0) is 21.3. The summed E-state index contributed by atoms with van der Waals surface area (Å²) in [6.45, 7) is 1.75. The second-order valence-electron chi connectivity index (χ2n) is 8.25. The fourth-order valence-electron chi connectivity index (χ4n) is 4.69. The molecule has 2 heterocycles. The molecule has 2 aliphatic rings. The zero-order valence-corrected chi connectivity index (χ0v) is 17.9. The van der Waals surface area contributed by atoms with Crippen molar-refractivity contribution in [2.24, 2.45) is 0 Å². The first-order valence-electron chi connectivity index (χ1n) is 11.1. The Bertz CT molecular complexity index is 1320. The molecule has 0 bridgehead atoms. The van der Waals surface area contributed by atoms with Crippen molar-refractivity contribution in [2.45, 2.75) is 0 Å². The molecular formula is C30H24N2. The topological polar surface area (TPSA) is 6.48 Å². The Kier molecular flexibility index (Phi) is 4.62. The second kappa shape index (κ2) is 7.90. The lowest BCUT2D eigenvalue weighted by molar-refractivity contribution is 1.04. The van der Waals surface area contributed by atoms with Gasteiger partial charge in [-0.25, -0.2) is 0 Å². The smallest absolute Gasteiger partial charge is 0.0488 e. The van der Waals surface area contributed by atoms with E-state index in [9.17, 15) is 0 Å². The van der Waals surface area contributed by atoms with Gasteiger partial charge < -0.3 is 9.80 Å². The molecule has 2 nitrogen and oxygen atoms in total. The van der Waals surface area contributed by atoms with Crippen molar-refractivity contribution in [3.63, 3.8) is 0 Å². The molecule has 32 heavy (non-hydrogen) atoms. The SMILES string of the molecule is C1=CN(c2cccc3ccccc23)CC=C1C1=CCN(c2cccc3ccccc23)C=C1. The Balaban J connectivity index is 1.21. The van der Waals surface area contributed by atoms with Gasteiger partial charge in [-0.15, -0.1) is 0 Å². The molecule has 0 amide bonds. The van der Waals surface area contributed by atoms with Crippen LogP contribution in [0, 0.1) is 0 Å². The molecule has 2 heteroatoms. The van der Waals surface area contributed by atoms with Crippen LogP contribution in [0.2, 0.25) is 0 Å². The second-order valence-corrected chi connectivity index (χ2v) is 8.25. The largest absolute Gasteiger partial charge is 0.344 e. The van der Waals surface area contributed by atoms with Crippen LogP contribution in [0.3, 0.4) is 0 Å². The van der Waals surface area contributed by atoms with Gasteiger partial charge in [-0.1, -0.05) is 84.9 Å². The third-order valence-corrected chi connectivity index (χ3v) is 6.37. The summed E-state index contributed by atoms with van der Waals surface area (Å²) in [4.78, 5) is 4.64. The minimum absolute atomic E-state index is 0.873. The maximum atomic E-state index is 2.32. The van der Waals surface area contributed by atoms with E-state index in [-0.39, 0.29) is 0 Å². The van der Waals surface area contributed by atoms with E-state index in [0.29, 0.717) is 0 Å². The van der Waals surface area contributed by atoms with Crippen molar-refractivity contribution in [1.29, 1.82) is 0 Å². The van der Waals surface area contributed by atoms with E-state index in [1.54, 1.807) is 0 Å². The highest BCUT2D eigenvalue weighted by Gasteiger charge is 2.14. The van der Waals surface area contributed by atoms with E-state index < -0.39 is 0 Å². The van der Waals surface area contributed by atoms with Crippen LogP contribution in [0.5, 0.6) is 0 Å². The van der Waals surface area contributed by atoms with Gasteiger partial charge in [0.25, 0.3) is 0 Å². The molecule has 0 aliphatic carbocycles. The van der Waals surface area contributed by atoms with Crippen molar-refractivity contribution in [2.75, 3.05) is 22.9 Å². The molecule has 4 aromatic carbocycles. The Morgan fingerprint density at radius 2 is 0.906 bits per heavy atom. The van der Waals surface area contributed by atoms with Crippen molar-refractivity contribution < 1.29 is 0 Å². The summed E-state index contributed by atoms with van der Waals surface area (Å²) in [5, 5.41) is 5.14. The van der Waals surface area contributed by atoms with E-state index in [0.717, 1.165) is 13.1 Å². The fourth-order valence-corrected chi connectivity index (χ4v) is 4.69. The Hall–Kier alpha value is -4.04. The summed E-state index contributed by atoms with van der Waals surface area (Å²) in [7, 11) is 0. The van der Waals surface area contributed by atoms with Crippen molar-refractivity contribution in [3.8, 4) is 0 Å². The van der Waals surface area contributed by atoms with Gasteiger partial charge in [0.2, 0.25) is 0 Å². The number of nitrogens with zero attached hydrogens (tertiary/aromatic N) is 2. The summed E-state index contributed by atoms with van der Waals surface area (Å²) in [5.41, 5.74) is 5.08. The van der Waals surface area contributed by atoms with Crippen molar-refractivity contribution in [1.82, 2.24) is 0 Å². The van der Waals surface area contributed by atoms with Crippen LogP contribution in [0.25, 0.3) is 21.5 Å². The molecule has 154 valence electrons. The predicted octanol–water partition coefficient (Wildman–Crippen LogP) is 7.21. The molecule has 0 aromatic heterocycles. The third kappa shape index (κ3) is 3.30. The van der Waals surface area contributed by atoms with Crippen LogP contribution in [0.15, 0.2) is 133 Å². The monoisotopic (exact) mass is 412 g/mol. The quantitative estimate of drug-likeness (QED) is 0.351. The molecule has 0 saturated heterocycles. The average Bonchev–Trinajstić information content (AvgIpc) is 2.88. The van der Waals surface area contributed by atoms with E-state index in [1.165, 1.54) is 44.1 Å². The van der Waals surface area contributed by atoms with Gasteiger partial charge in [-0.2, -0.15) is 0 Å². The molecule has 4 aromatic rings. The van der Waals surface area contributed by atoms with E-state index >= 15 is 0 Å². The van der Waals surface area contributed by atoms with Gasteiger partial charge in [-0.05, 0) is 46.2 Å². The van der Waals surface area contributed by atoms with Crippen molar-refractivity contribution >= 4 is 32.9 Å². The molecule has 0 spiro atoms. The minimum Gasteiger partial charge on any atom is -0.344 e. The standard InChI is InChI=1S/C30H24N2/c1-3-11-27-25(7-1)9-5-13-29(27)31-19-15-23(16-20-31)24-17-21-32(22-18-24)30-14-6-10-26-8-2-4-12-28(26)30/h1-19,21H,20,22H2. The lowest BCUT2D eigenvalue weighted by Gasteiger charge is -2.27. The number of hydrogen-bond donors (Lipinski definition) is 0. The maximum Gasteiger partial charge on any atom is 0.0488 e. The highest BCUT2D eigenvalue weighted by Crippen LogP contribution is 2.32. The molecule has 0 radical (unpaired) electrons. The Labute approximate surface area is 188 Å². The van der Waals surface area contributed by atoms with E-state index in [1.807, 2.05) is 0 Å². The van der Waals surface area contributed by atoms with Gasteiger partial charge in [0, 0.05) is 47.6 Å². The van der Waals surface area contributed by atoms with Gasteiger partial charge in [-0.3, -0.25) is 0 Å². The number of hydrogen-bond acceptors (Lipinski definition) is 2.